The van der Waals surface area contributed by atoms with Gasteiger partial charge in [0.15, 0.2) is 0 Å². The van der Waals surface area contributed by atoms with Gasteiger partial charge in [-0.15, -0.1) is 0 Å². The van der Waals surface area contributed by atoms with Crippen LogP contribution in [0.3, 0.4) is 0 Å². The Hall–Kier alpha value is -3.61. The van der Waals surface area contributed by atoms with Crippen LogP contribution in [0.15, 0.2) is 65.7 Å². The SMILES string of the molecule is Cn1ccc2cc(-c3cccc4cc(C(=O)N5CCC(F)(F)CC5)ccc34)cnc2c1=O. The van der Waals surface area contributed by atoms with Crippen molar-refractivity contribution in [2.75, 3.05) is 13.1 Å². The molecule has 32 heavy (non-hydrogen) atoms. The van der Waals surface area contributed by atoms with Gasteiger partial charge in [0.1, 0.15) is 5.52 Å². The second-order valence-corrected chi connectivity index (χ2v) is 8.28. The predicted molar refractivity (Wildman–Crippen MR) is 120 cm³/mol. The minimum absolute atomic E-state index is 0.0616. The molecule has 0 spiro atoms. The van der Waals surface area contributed by atoms with E-state index in [2.05, 4.69) is 4.98 Å². The highest BCUT2D eigenvalue weighted by Crippen LogP contribution is 2.32. The molecular formula is C25H21F2N3O2. The zero-order chi connectivity index (χ0) is 22.5. The molecule has 2 aromatic carbocycles. The molecule has 1 amide bonds. The average molecular weight is 433 g/mol. The molecule has 2 aromatic heterocycles. The molecule has 4 aromatic rings. The first-order chi connectivity index (χ1) is 15.3. The van der Waals surface area contributed by atoms with Crippen LogP contribution in [0, 0.1) is 0 Å². The zero-order valence-corrected chi connectivity index (χ0v) is 17.5. The lowest BCUT2D eigenvalue weighted by atomic mass is 9.96. The van der Waals surface area contributed by atoms with Crippen molar-refractivity contribution in [1.29, 1.82) is 0 Å². The number of carbonyl (C=O) groups excluding carboxylic acids is 1. The highest BCUT2D eigenvalue weighted by atomic mass is 19.3. The summed E-state index contributed by atoms with van der Waals surface area (Å²) in [6, 6.07) is 15.0. The highest BCUT2D eigenvalue weighted by molar-refractivity contribution is 6.03. The van der Waals surface area contributed by atoms with E-state index in [-0.39, 0.29) is 37.4 Å². The minimum Gasteiger partial charge on any atom is -0.338 e. The molecule has 0 atom stereocenters. The van der Waals surface area contributed by atoms with E-state index in [1.165, 1.54) is 9.47 Å². The number of aromatic nitrogens is 2. The summed E-state index contributed by atoms with van der Waals surface area (Å²) >= 11 is 0. The Bertz CT molecular complexity index is 1420. The number of nitrogens with zero attached hydrogens (tertiary/aromatic N) is 3. The molecule has 162 valence electrons. The van der Waals surface area contributed by atoms with Crippen LogP contribution in [0.5, 0.6) is 0 Å². The number of halogens is 2. The monoisotopic (exact) mass is 433 g/mol. The second-order valence-electron chi connectivity index (χ2n) is 8.28. The van der Waals surface area contributed by atoms with Gasteiger partial charge >= 0.3 is 0 Å². The van der Waals surface area contributed by atoms with Crippen molar-refractivity contribution in [1.82, 2.24) is 14.5 Å². The standard InChI is InChI=1S/C25H21F2N3O2/c1-29-10-7-17-14-19(15-28-22(17)24(29)32)20-4-2-3-16-13-18(5-6-21(16)20)23(31)30-11-8-25(26,27)9-12-30/h2-7,10,13-15H,8-9,11-12H2,1H3. The van der Waals surface area contributed by atoms with Crippen molar-refractivity contribution in [3.63, 3.8) is 0 Å². The number of hydrogen-bond acceptors (Lipinski definition) is 3. The molecular weight excluding hydrogens is 412 g/mol. The van der Waals surface area contributed by atoms with Crippen LogP contribution >= 0.6 is 0 Å². The second kappa shape index (κ2) is 7.51. The number of pyridine rings is 2. The Labute approximate surface area is 182 Å². The van der Waals surface area contributed by atoms with Gasteiger partial charge in [-0.05, 0) is 40.6 Å². The fourth-order valence-corrected chi connectivity index (χ4v) is 4.25. The molecule has 0 N–H and O–H groups in total. The third kappa shape index (κ3) is 3.53. The minimum atomic E-state index is -2.69. The fourth-order valence-electron chi connectivity index (χ4n) is 4.25. The van der Waals surface area contributed by atoms with Crippen molar-refractivity contribution in [2.24, 2.45) is 7.05 Å². The van der Waals surface area contributed by atoms with Gasteiger partial charge in [0, 0.05) is 61.9 Å². The van der Waals surface area contributed by atoms with Crippen LogP contribution in [0.4, 0.5) is 8.78 Å². The van der Waals surface area contributed by atoms with E-state index in [4.69, 9.17) is 0 Å². The summed E-state index contributed by atoms with van der Waals surface area (Å²) in [7, 11) is 1.69. The number of aryl methyl sites for hydroxylation is 1. The lowest BCUT2D eigenvalue weighted by Gasteiger charge is -2.31. The maximum absolute atomic E-state index is 13.4. The van der Waals surface area contributed by atoms with Crippen LogP contribution in [0.25, 0.3) is 32.8 Å². The molecule has 0 radical (unpaired) electrons. The molecule has 0 unspecified atom stereocenters. The quantitative estimate of drug-likeness (QED) is 0.463. The van der Waals surface area contributed by atoms with Crippen molar-refractivity contribution < 1.29 is 13.6 Å². The number of likely N-dealkylation sites (tertiary alicyclic amines) is 1. The van der Waals surface area contributed by atoms with Crippen molar-refractivity contribution in [3.05, 3.63) is 76.8 Å². The summed E-state index contributed by atoms with van der Waals surface area (Å²) in [5, 5.41) is 2.58. The van der Waals surface area contributed by atoms with E-state index in [1.807, 2.05) is 36.4 Å². The Morgan fingerprint density at radius 2 is 1.81 bits per heavy atom. The smallest absolute Gasteiger partial charge is 0.276 e. The summed E-state index contributed by atoms with van der Waals surface area (Å²) < 4.78 is 28.4. The topological polar surface area (TPSA) is 55.2 Å². The molecule has 3 heterocycles. The summed E-state index contributed by atoms with van der Waals surface area (Å²) in [6.45, 7) is 0.123. The number of carbonyl (C=O) groups is 1. The van der Waals surface area contributed by atoms with Crippen LogP contribution in [0.1, 0.15) is 23.2 Å². The lowest BCUT2D eigenvalue weighted by Crippen LogP contribution is -2.42. The molecule has 5 nitrogen and oxygen atoms in total. The molecule has 5 rings (SSSR count). The molecule has 1 aliphatic rings. The summed E-state index contributed by atoms with van der Waals surface area (Å²) in [5.74, 6) is -2.91. The first kappa shape index (κ1) is 20.3. The van der Waals surface area contributed by atoms with Gasteiger partial charge in [-0.2, -0.15) is 0 Å². The fraction of sp³-hybridized carbons (Fsp3) is 0.240. The van der Waals surface area contributed by atoms with Crippen molar-refractivity contribution in [2.45, 2.75) is 18.8 Å². The van der Waals surface area contributed by atoms with Crippen LogP contribution in [0.2, 0.25) is 0 Å². The molecule has 1 fully saturated rings. The Morgan fingerprint density at radius 1 is 1.03 bits per heavy atom. The third-order valence-electron chi connectivity index (χ3n) is 6.14. The summed E-state index contributed by atoms with van der Waals surface area (Å²) in [6.07, 6.45) is 2.81. The lowest BCUT2D eigenvalue weighted by molar-refractivity contribution is -0.0494. The van der Waals surface area contributed by atoms with Gasteiger partial charge < -0.3 is 9.47 Å². The maximum Gasteiger partial charge on any atom is 0.276 e. The summed E-state index contributed by atoms with van der Waals surface area (Å²) in [5.41, 5.74) is 2.56. The van der Waals surface area contributed by atoms with Gasteiger partial charge in [0.25, 0.3) is 17.4 Å². The Morgan fingerprint density at radius 3 is 2.59 bits per heavy atom. The van der Waals surface area contributed by atoms with E-state index < -0.39 is 5.92 Å². The van der Waals surface area contributed by atoms with E-state index in [0.717, 1.165) is 27.3 Å². The van der Waals surface area contributed by atoms with Crippen LogP contribution in [-0.4, -0.2) is 39.4 Å². The average Bonchev–Trinajstić information content (AvgIpc) is 2.80. The van der Waals surface area contributed by atoms with Crippen LogP contribution < -0.4 is 5.56 Å². The molecule has 1 aliphatic heterocycles. The van der Waals surface area contributed by atoms with E-state index in [9.17, 15) is 18.4 Å². The molecule has 1 saturated heterocycles. The molecule has 0 bridgehead atoms. The molecule has 7 heteroatoms. The third-order valence-corrected chi connectivity index (χ3v) is 6.14. The van der Waals surface area contributed by atoms with E-state index in [1.54, 1.807) is 31.6 Å². The van der Waals surface area contributed by atoms with Gasteiger partial charge in [-0.3, -0.25) is 9.59 Å². The Balaban J connectivity index is 1.51. The molecule has 0 saturated carbocycles. The number of benzene rings is 2. The van der Waals surface area contributed by atoms with E-state index in [0.29, 0.717) is 11.1 Å². The van der Waals surface area contributed by atoms with Gasteiger partial charge in [-0.1, -0.05) is 24.3 Å². The molecule has 0 aliphatic carbocycles. The zero-order valence-electron chi connectivity index (χ0n) is 17.5. The van der Waals surface area contributed by atoms with E-state index >= 15 is 0 Å². The number of amides is 1. The van der Waals surface area contributed by atoms with Crippen molar-refractivity contribution in [3.8, 4) is 11.1 Å². The number of rotatable bonds is 2. The number of hydrogen-bond donors (Lipinski definition) is 0. The van der Waals surface area contributed by atoms with Gasteiger partial charge in [-0.25, -0.2) is 13.8 Å². The number of fused-ring (bicyclic) bond motifs is 2. The highest BCUT2D eigenvalue weighted by Gasteiger charge is 2.35. The van der Waals surface area contributed by atoms with Crippen molar-refractivity contribution >= 4 is 27.6 Å². The van der Waals surface area contributed by atoms with Crippen LogP contribution in [-0.2, 0) is 7.05 Å². The first-order valence-electron chi connectivity index (χ1n) is 10.5. The summed E-state index contributed by atoms with van der Waals surface area (Å²) in [4.78, 5) is 31.0. The van der Waals surface area contributed by atoms with Gasteiger partial charge in [0.05, 0.1) is 0 Å². The normalized spacial score (nSPS) is 15.9. The number of piperidine rings is 1. The maximum atomic E-state index is 13.4. The largest absolute Gasteiger partial charge is 0.338 e. The Kier molecular flexibility index (Phi) is 4.77. The number of alkyl halides is 2. The van der Waals surface area contributed by atoms with Gasteiger partial charge in [0.2, 0.25) is 0 Å². The predicted octanol–water partition coefficient (Wildman–Crippen LogP) is 4.63. The first-order valence-corrected chi connectivity index (χ1v) is 10.5.